The van der Waals surface area contributed by atoms with Crippen molar-refractivity contribution >= 4 is 5.97 Å². The van der Waals surface area contributed by atoms with Gasteiger partial charge in [0.25, 0.3) is 0 Å². The van der Waals surface area contributed by atoms with Crippen LogP contribution in [0, 0.1) is 17.3 Å². The van der Waals surface area contributed by atoms with E-state index in [-0.39, 0.29) is 18.5 Å². The second-order valence-electron chi connectivity index (χ2n) is 7.15. The Morgan fingerprint density at radius 1 is 1.47 bits per heavy atom. The molecule has 1 rings (SSSR count). The molecule has 0 unspecified atom stereocenters. The monoisotopic (exact) mass is 268 g/mol. The third kappa shape index (κ3) is 4.07. The third-order valence-corrected chi connectivity index (χ3v) is 4.24. The van der Waals surface area contributed by atoms with Gasteiger partial charge in [0.1, 0.15) is 12.2 Å². The van der Waals surface area contributed by atoms with Gasteiger partial charge in [-0.1, -0.05) is 19.1 Å². The van der Waals surface area contributed by atoms with Crippen molar-refractivity contribution in [1.82, 2.24) is 0 Å². The van der Waals surface area contributed by atoms with Crippen molar-refractivity contribution in [2.45, 2.75) is 59.5 Å². The number of esters is 1. The minimum atomic E-state index is -0.882. The van der Waals surface area contributed by atoms with E-state index in [0.29, 0.717) is 12.3 Å². The smallest absolute Gasteiger partial charge is 0.311 e. The largest absolute Gasteiger partial charge is 0.462 e. The highest BCUT2D eigenvalue weighted by molar-refractivity contribution is 5.75. The summed E-state index contributed by atoms with van der Waals surface area (Å²) in [6.45, 7) is 13.6. The average Bonchev–Trinajstić information content (AvgIpc) is 2.28. The molecule has 0 saturated heterocycles. The predicted molar refractivity (Wildman–Crippen MR) is 76.7 cm³/mol. The van der Waals surface area contributed by atoms with Crippen LogP contribution in [0.3, 0.4) is 0 Å². The molecule has 3 heteroatoms. The SMILES string of the molecule is C=C(C)[C@@H]1CC[C@](O)(COC(=O)C(C)(C)C)[C@H](C)C1. The molecule has 0 spiro atoms. The zero-order chi connectivity index (χ0) is 14.8. The first-order valence-corrected chi connectivity index (χ1v) is 7.11. The standard InChI is InChI=1S/C16H28O3/c1-11(2)13-7-8-16(18,12(3)9-13)10-19-14(17)15(4,5)6/h12-13,18H,1,7-10H2,2-6H3/t12-,13-,16+/m1/s1. The number of rotatable bonds is 3. The molecule has 0 amide bonds. The van der Waals surface area contributed by atoms with E-state index in [2.05, 4.69) is 6.58 Å². The second kappa shape index (κ2) is 5.66. The van der Waals surface area contributed by atoms with Crippen LogP contribution in [0.15, 0.2) is 12.2 Å². The lowest BCUT2D eigenvalue weighted by Crippen LogP contribution is -2.46. The normalized spacial score (nSPS) is 31.9. The maximum Gasteiger partial charge on any atom is 0.311 e. The summed E-state index contributed by atoms with van der Waals surface area (Å²) in [5.74, 6) is 0.347. The van der Waals surface area contributed by atoms with Crippen LogP contribution in [-0.4, -0.2) is 23.3 Å². The third-order valence-electron chi connectivity index (χ3n) is 4.24. The summed E-state index contributed by atoms with van der Waals surface area (Å²) in [6, 6.07) is 0. The molecule has 0 aromatic rings. The summed E-state index contributed by atoms with van der Waals surface area (Å²) in [7, 11) is 0. The van der Waals surface area contributed by atoms with E-state index in [9.17, 15) is 9.90 Å². The Bertz CT molecular complexity index is 353. The molecule has 1 N–H and O–H groups in total. The lowest BCUT2D eigenvalue weighted by molar-refractivity contribution is -0.167. The van der Waals surface area contributed by atoms with Gasteiger partial charge in [0.05, 0.1) is 5.41 Å². The number of ether oxygens (including phenoxy) is 1. The maximum absolute atomic E-state index is 11.8. The fourth-order valence-corrected chi connectivity index (χ4v) is 2.50. The second-order valence-corrected chi connectivity index (χ2v) is 7.15. The minimum absolute atomic E-state index is 0.104. The first kappa shape index (κ1) is 16.2. The molecular formula is C16H28O3. The number of hydrogen-bond acceptors (Lipinski definition) is 3. The Kier molecular flexibility index (Phi) is 4.83. The van der Waals surface area contributed by atoms with Gasteiger partial charge < -0.3 is 9.84 Å². The Labute approximate surface area is 117 Å². The van der Waals surface area contributed by atoms with Gasteiger partial charge in [-0.05, 0) is 58.8 Å². The zero-order valence-electron chi connectivity index (χ0n) is 13.0. The first-order valence-electron chi connectivity index (χ1n) is 7.11. The van der Waals surface area contributed by atoms with Crippen molar-refractivity contribution in [3.8, 4) is 0 Å². The molecule has 3 nitrogen and oxygen atoms in total. The van der Waals surface area contributed by atoms with E-state index >= 15 is 0 Å². The van der Waals surface area contributed by atoms with E-state index in [1.165, 1.54) is 5.57 Å². The van der Waals surface area contributed by atoms with Crippen molar-refractivity contribution in [2.75, 3.05) is 6.61 Å². The van der Waals surface area contributed by atoms with E-state index in [1.807, 2.05) is 34.6 Å². The number of aliphatic hydroxyl groups is 1. The van der Waals surface area contributed by atoms with E-state index in [0.717, 1.165) is 12.8 Å². The first-order chi connectivity index (χ1) is 8.56. The topological polar surface area (TPSA) is 46.5 Å². The molecule has 1 aliphatic rings. The fraction of sp³-hybridized carbons (Fsp3) is 0.812. The zero-order valence-corrected chi connectivity index (χ0v) is 13.0. The van der Waals surface area contributed by atoms with Crippen LogP contribution >= 0.6 is 0 Å². The Morgan fingerprint density at radius 2 is 2.05 bits per heavy atom. The van der Waals surface area contributed by atoms with Gasteiger partial charge in [-0.2, -0.15) is 0 Å². The van der Waals surface area contributed by atoms with Crippen LogP contribution in [0.5, 0.6) is 0 Å². The quantitative estimate of drug-likeness (QED) is 0.631. The van der Waals surface area contributed by atoms with Crippen molar-refractivity contribution in [1.29, 1.82) is 0 Å². The van der Waals surface area contributed by atoms with Crippen molar-refractivity contribution in [2.24, 2.45) is 17.3 Å². The summed E-state index contributed by atoms with van der Waals surface area (Å²) < 4.78 is 5.30. The van der Waals surface area contributed by atoms with Crippen LogP contribution in [-0.2, 0) is 9.53 Å². The Hall–Kier alpha value is -0.830. The van der Waals surface area contributed by atoms with Gasteiger partial charge >= 0.3 is 5.97 Å². The summed E-state index contributed by atoms with van der Waals surface area (Å²) in [4.78, 5) is 11.8. The van der Waals surface area contributed by atoms with Gasteiger partial charge in [-0.3, -0.25) is 4.79 Å². The van der Waals surface area contributed by atoms with E-state index < -0.39 is 11.0 Å². The molecule has 0 radical (unpaired) electrons. The lowest BCUT2D eigenvalue weighted by Gasteiger charge is -2.41. The van der Waals surface area contributed by atoms with Gasteiger partial charge in [-0.15, -0.1) is 0 Å². The molecule has 1 saturated carbocycles. The molecule has 110 valence electrons. The highest BCUT2D eigenvalue weighted by atomic mass is 16.5. The van der Waals surface area contributed by atoms with Crippen molar-refractivity contribution in [3.05, 3.63) is 12.2 Å². The molecule has 1 fully saturated rings. The van der Waals surface area contributed by atoms with Gasteiger partial charge in [-0.25, -0.2) is 0 Å². The molecule has 0 aromatic carbocycles. The number of hydrogen-bond donors (Lipinski definition) is 1. The highest BCUT2D eigenvalue weighted by Gasteiger charge is 2.41. The van der Waals surface area contributed by atoms with Crippen LogP contribution in [0.1, 0.15) is 53.9 Å². The summed E-state index contributed by atoms with van der Waals surface area (Å²) in [5, 5.41) is 10.6. The molecule has 19 heavy (non-hydrogen) atoms. The number of carbonyl (C=O) groups is 1. The molecule has 0 aromatic heterocycles. The number of carbonyl (C=O) groups excluding carboxylic acids is 1. The molecular weight excluding hydrogens is 240 g/mol. The molecule has 3 atom stereocenters. The average molecular weight is 268 g/mol. The van der Waals surface area contributed by atoms with Gasteiger partial charge in [0, 0.05) is 0 Å². The van der Waals surface area contributed by atoms with Gasteiger partial charge in [0.2, 0.25) is 0 Å². The summed E-state index contributed by atoms with van der Waals surface area (Å²) >= 11 is 0. The van der Waals surface area contributed by atoms with Gasteiger partial charge in [0.15, 0.2) is 0 Å². The molecule has 0 heterocycles. The van der Waals surface area contributed by atoms with E-state index in [1.54, 1.807) is 0 Å². The van der Waals surface area contributed by atoms with Crippen LogP contribution in [0.4, 0.5) is 0 Å². The molecule has 0 aliphatic heterocycles. The van der Waals surface area contributed by atoms with Crippen molar-refractivity contribution in [3.63, 3.8) is 0 Å². The predicted octanol–water partition coefficient (Wildman–Crippen LogP) is 3.32. The fourth-order valence-electron chi connectivity index (χ4n) is 2.50. The summed E-state index contributed by atoms with van der Waals surface area (Å²) in [5.41, 5.74) is -0.220. The maximum atomic E-state index is 11.8. The van der Waals surface area contributed by atoms with Crippen LogP contribution in [0.25, 0.3) is 0 Å². The van der Waals surface area contributed by atoms with E-state index in [4.69, 9.17) is 4.74 Å². The summed E-state index contributed by atoms with van der Waals surface area (Å²) in [6.07, 6.45) is 2.51. The van der Waals surface area contributed by atoms with Crippen LogP contribution in [0.2, 0.25) is 0 Å². The lowest BCUT2D eigenvalue weighted by atomic mass is 9.70. The minimum Gasteiger partial charge on any atom is -0.462 e. The highest BCUT2D eigenvalue weighted by Crippen LogP contribution is 2.39. The Morgan fingerprint density at radius 3 is 2.47 bits per heavy atom. The van der Waals surface area contributed by atoms with Crippen molar-refractivity contribution < 1.29 is 14.6 Å². The molecule has 0 bridgehead atoms. The Balaban J connectivity index is 2.58. The number of allylic oxidation sites excluding steroid dienone is 1. The molecule has 1 aliphatic carbocycles. The van der Waals surface area contributed by atoms with Crippen LogP contribution < -0.4 is 0 Å².